The molecule has 0 atom stereocenters. The van der Waals surface area contributed by atoms with Gasteiger partial charge in [0.1, 0.15) is 0 Å². The highest BCUT2D eigenvalue weighted by Gasteiger charge is 2.11. The number of carbonyl (C=O) groups is 1. The molecule has 0 aliphatic carbocycles. The number of nitrogens with two attached hydrogens (primary N) is 1. The highest BCUT2D eigenvalue weighted by Crippen LogP contribution is 2.20. The van der Waals surface area contributed by atoms with E-state index in [-0.39, 0.29) is 5.91 Å². The smallest absolute Gasteiger partial charge is 0.251 e. The summed E-state index contributed by atoms with van der Waals surface area (Å²) in [6, 6.07) is 5.68. The van der Waals surface area contributed by atoms with Crippen molar-refractivity contribution in [3.8, 4) is 0 Å². The number of hydrogen-bond acceptors (Lipinski definition) is 3. The topological polar surface area (TPSA) is 55.1 Å². The van der Waals surface area contributed by atoms with Crippen molar-refractivity contribution in [3.63, 3.8) is 0 Å². The SMILES string of the molecule is Cc1cc(C)c(C(=O)NCc2cc(Br)cs2)cc1N. The Kier molecular flexibility index (Phi) is 4.27. The lowest BCUT2D eigenvalue weighted by atomic mass is 10.0. The van der Waals surface area contributed by atoms with E-state index in [1.807, 2.05) is 31.4 Å². The lowest BCUT2D eigenvalue weighted by Crippen LogP contribution is -2.23. The van der Waals surface area contributed by atoms with Crippen molar-refractivity contribution in [2.45, 2.75) is 20.4 Å². The Bertz CT molecular complexity index is 622. The molecule has 3 nitrogen and oxygen atoms in total. The summed E-state index contributed by atoms with van der Waals surface area (Å²) in [6.07, 6.45) is 0. The molecule has 19 heavy (non-hydrogen) atoms. The Hall–Kier alpha value is -1.33. The zero-order chi connectivity index (χ0) is 14.0. The van der Waals surface area contributed by atoms with Crippen LogP contribution in [0.2, 0.25) is 0 Å². The fourth-order valence-electron chi connectivity index (χ4n) is 1.82. The average molecular weight is 339 g/mol. The number of anilines is 1. The van der Waals surface area contributed by atoms with E-state index in [0.717, 1.165) is 20.5 Å². The average Bonchev–Trinajstić information content (AvgIpc) is 2.77. The van der Waals surface area contributed by atoms with E-state index in [4.69, 9.17) is 5.73 Å². The third-order valence-corrected chi connectivity index (χ3v) is 4.60. The second kappa shape index (κ2) is 5.75. The van der Waals surface area contributed by atoms with Crippen LogP contribution in [-0.2, 0) is 6.54 Å². The highest BCUT2D eigenvalue weighted by atomic mass is 79.9. The maximum Gasteiger partial charge on any atom is 0.251 e. The molecule has 5 heteroatoms. The summed E-state index contributed by atoms with van der Waals surface area (Å²) in [7, 11) is 0. The number of halogens is 1. The first-order chi connectivity index (χ1) is 8.97. The highest BCUT2D eigenvalue weighted by molar-refractivity contribution is 9.10. The van der Waals surface area contributed by atoms with Gasteiger partial charge in [-0.05, 0) is 53.0 Å². The lowest BCUT2D eigenvalue weighted by molar-refractivity contribution is 0.0950. The Labute approximate surface area is 125 Å². The maximum atomic E-state index is 12.1. The van der Waals surface area contributed by atoms with Gasteiger partial charge >= 0.3 is 0 Å². The molecule has 0 spiro atoms. The first-order valence-corrected chi connectivity index (χ1v) is 7.52. The van der Waals surface area contributed by atoms with Crippen LogP contribution in [0.5, 0.6) is 0 Å². The van der Waals surface area contributed by atoms with Crippen molar-refractivity contribution in [1.29, 1.82) is 0 Å². The molecule has 0 aliphatic rings. The molecule has 0 radical (unpaired) electrons. The van der Waals surface area contributed by atoms with Gasteiger partial charge in [-0.25, -0.2) is 0 Å². The van der Waals surface area contributed by atoms with Gasteiger partial charge in [-0.2, -0.15) is 0 Å². The molecule has 0 unspecified atom stereocenters. The van der Waals surface area contributed by atoms with Gasteiger partial charge in [-0.3, -0.25) is 4.79 Å². The number of nitrogen functional groups attached to an aromatic ring is 1. The third-order valence-electron chi connectivity index (χ3n) is 2.90. The largest absolute Gasteiger partial charge is 0.398 e. The summed E-state index contributed by atoms with van der Waals surface area (Å²) in [5.41, 5.74) is 9.08. The molecule has 1 amide bonds. The van der Waals surface area contributed by atoms with E-state index in [1.54, 1.807) is 17.4 Å². The first-order valence-electron chi connectivity index (χ1n) is 5.85. The molecule has 0 bridgehead atoms. The number of thiophene rings is 1. The van der Waals surface area contributed by atoms with Crippen molar-refractivity contribution in [1.82, 2.24) is 5.32 Å². The predicted molar refractivity (Wildman–Crippen MR) is 83.5 cm³/mol. The lowest BCUT2D eigenvalue weighted by Gasteiger charge is -2.09. The minimum Gasteiger partial charge on any atom is -0.398 e. The van der Waals surface area contributed by atoms with Crippen LogP contribution < -0.4 is 11.1 Å². The fraction of sp³-hybridized carbons (Fsp3) is 0.214. The number of hydrogen-bond donors (Lipinski definition) is 2. The molecule has 1 aromatic carbocycles. The number of carbonyl (C=O) groups excluding carboxylic acids is 1. The summed E-state index contributed by atoms with van der Waals surface area (Å²) < 4.78 is 1.04. The molecule has 2 aromatic rings. The van der Waals surface area contributed by atoms with Gasteiger partial charge in [-0.15, -0.1) is 11.3 Å². The van der Waals surface area contributed by atoms with Crippen LogP contribution in [0.1, 0.15) is 26.4 Å². The summed E-state index contributed by atoms with van der Waals surface area (Å²) in [4.78, 5) is 13.2. The fourth-order valence-corrected chi connectivity index (χ4v) is 3.21. The van der Waals surface area contributed by atoms with Gasteiger partial charge in [0, 0.05) is 26.0 Å². The van der Waals surface area contributed by atoms with Crippen LogP contribution >= 0.6 is 27.3 Å². The summed E-state index contributed by atoms with van der Waals surface area (Å²) >= 11 is 5.00. The van der Waals surface area contributed by atoms with E-state index in [2.05, 4.69) is 21.2 Å². The van der Waals surface area contributed by atoms with Gasteiger partial charge in [0.2, 0.25) is 0 Å². The molecule has 1 heterocycles. The van der Waals surface area contributed by atoms with Crippen LogP contribution in [0.15, 0.2) is 28.1 Å². The summed E-state index contributed by atoms with van der Waals surface area (Å²) in [6.45, 7) is 4.39. The summed E-state index contributed by atoms with van der Waals surface area (Å²) in [5.74, 6) is -0.0891. The molecule has 0 fully saturated rings. The monoisotopic (exact) mass is 338 g/mol. The van der Waals surface area contributed by atoms with Crippen LogP contribution in [-0.4, -0.2) is 5.91 Å². The number of amides is 1. The van der Waals surface area contributed by atoms with Crippen LogP contribution in [0.3, 0.4) is 0 Å². The molecular formula is C14H15BrN2OS. The van der Waals surface area contributed by atoms with Gasteiger partial charge in [0.15, 0.2) is 0 Å². The Morgan fingerprint density at radius 3 is 2.68 bits per heavy atom. The zero-order valence-corrected chi connectivity index (χ0v) is 13.2. The number of nitrogens with one attached hydrogen (secondary N) is 1. The van der Waals surface area contributed by atoms with Crippen molar-refractivity contribution in [2.24, 2.45) is 0 Å². The predicted octanol–water partition coefficient (Wildman–Crippen LogP) is 3.64. The Balaban J connectivity index is 2.10. The Morgan fingerprint density at radius 1 is 1.32 bits per heavy atom. The second-order valence-electron chi connectivity index (χ2n) is 4.44. The van der Waals surface area contributed by atoms with Crippen molar-refractivity contribution in [2.75, 3.05) is 5.73 Å². The Morgan fingerprint density at radius 2 is 2.05 bits per heavy atom. The maximum absolute atomic E-state index is 12.1. The molecular weight excluding hydrogens is 324 g/mol. The number of benzene rings is 1. The van der Waals surface area contributed by atoms with E-state index < -0.39 is 0 Å². The number of aryl methyl sites for hydroxylation is 2. The molecule has 0 saturated heterocycles. The van der Waals surface area contributed by atoms with Gasteiger partial charge in [0.05, 0.1) is 6.54 Å². The standard InChI is InChI=1S/C14H15BrN2OS/c1-8-3-9(2)13(16)5-12(8)14(18)17-6-11-4-10(15)7-19-11/h3-5,7H,6,16H2,1-2H3,(H,17,18). The second-order valence-corrected chi connectivity index (χ2v) is 6.35. The van der Waals surface area contributed by atoms with Crippen molar-refractivity contribution >= 4 is 38.9 Å². The molecule has 2 rings (SSSR count). The van der Waals surface area contributed by atoms with Crippen LogP contribution in [0.4, 0.5) is 5.69 Å². The normalized spacial score (nSPS) is 10.5. The number of rotatable bonds is 3. The molecule has 1 aromatic heterocycles. The van der Waals surface area contributed by atoms with Gasteiger partial charge in [0.25, 0.3) is 5.91 Å². The van der Waals surface area contributed by atoms with Crippen molar-refractivity contribution in [3.05, 3.63) is 49.6 Å². The zero-order valence-electron chi connectivity index (χ0n) is 10.8. The quantitative estimate of drug-likeness (QED) is 0.839. The minimum absolute atomic E-state index is 0.0891. The van der Waals surface area contributed by atoms with Gasteiger partial charge in [-0.1, -0.05) is 6.07 Å². The molecule has 0 aliphatic heterocycles. The van der Waals surface area contributed by atoms with E-state index >= 15 is 0 Å². The molecule has 100 valence electrons. The van der Waals surface area contributed by atoms with E-state index in [9.17, 15) is 4.79 Å². The van der Waals surface area contributed by atoms with E-state index in [0.29, 0.717) is 17.8 Å². The van der Waals surface area contributed by atoms with Crippen molar-refractivity contribution < 1.29 is 4.79 Å². The molecule has 3 N–H and O–H groups in total. The first kappa shape index (κ1) is 14.1. The van der Waals surface area contributed by atoms with Gasteiger partial charge < -0.3 is 11.1 Å². The summed E-state index contributed by atoms with van der Waals surface area (Å²) in [5, 5.41) is 4.91. The molecule has 0 saturated carbocycles. The van der Waals surface area contributed by atoms with Crippen LogP contribution in [0.25, 0.3) is 0 Å². The third kappa shape index (κ3) is 3.36. The minimum atomic E-state index is -0.0891. The van der Waals surface area contributed by atoms with Crippen LogP contribution in [0, 0.1) is 13.8 Å². The van der Waals surface area contributed by atoms with E-state index in [1.165, 1.54) is 0 Å².